The average molecular weight is 423 g/mol. The van der Waals surface area contributed by atoms with E-state index < -0.39 is 10.0 Å². The lowest BCUT2D eigenvalue weighted by molar-refractivity contribution is -0.119. The summed E-state index contributed by atoms with van der Waals surface area (Å²) in [6.07, 6.45) is 8.87. The van der Waals surface area contributed by atoms with Crippen molar-refractivity contribution in [2.24, 2.45) is 5.92 Å². The van der Waals surface area contributed by atoms with E-state index in [0.29, 0.717) is 12.1 Å². The van der Waals surface area contributed by atoms with Gasteiger partial charge in [-0.15, -0.1) is 0 Å². The molecule has 0 unspecified atom stereocenters. The Morgan fingerprint density at radius 2 is 1.87 bits per heavy atom. The van der Waals surface area contributed by atoms with Crippen LogP contribution in [0.25, 0.3) is 17.2 Å². The molecule has 1 heterocycles. The fraction of sp³-hybridized carbons (Fsp3) is 0.417. The Bertz CT molecular complexity index is 1190. The van der Waals surface area contributed by atoms with Gasteiger partial charge in [0.1, 0.15) is 5.78 Å². The molecule has 6 heteroatoms. The zero-order valence-electron chi connectivity index (χ0n) is 17.4. The van der Waals surface area contributed by atoms with Crippen LogP contribution in [0.3, 0.4) is 0 Å². The second-order valence-corrected chi connectivity index (χ2v) is 10.8. The Hall–Kier alpha value is -2.47. The summed E-state index contributed by atoms with van der Waals surface area (Å²) < 4.78 is 27.5. The second kappa shape index (κ2) is 7.05. The van der Waals surface area contributed by atoms with Crippen LogP contribution >= 0.6 is 0 Å². The van der Waals surface area contributed by atoms with Gasteiger partial charge in [-0.25, -0.2) is 8.42 Å². The molecule has 0 saturated heterocycles. The SMILES string of the molecule is Cc1c(NS(=O)(=O)C2CC2)ccc(-c2cc(CC(=O)C3CC3)nc3c2C=CC3)c1C. The lowest BCUT2D eigenvalue weighted by Crippen LogP contribution is -2.18. The van der Waals surface area contributed by atoms with Crippen molar-refractivity contribution in [2.75, 3.05) is 4.72 Å². The molecule has 3 aliphatic carbocycles. The number of allylic oxidation sites excluding steroid dienone is 1. The van der Waals surface area contributed by atoms with Crippen LogP contribution in [0.5, 0.6) is 0 Å². The summed E-state index contributed by atoms with van der Waals surface area (Å²) in [5, 5.41) is -0.253. The smallest absolute Gasteiger partial charge is 0.235 e. The summed E-state index contributed by atoms with van der Waals surface area (Å²) in [5.41, 5.74) is 7.71. The molecule has 0 bridgehead atoms. The van der Waals surface area contributed by atoms with Gasteiger partial charge in [-0.2, -0.15) is 0 Å². The van der Waals surface area contributed by atoms with E-state index in [0.717, 1.165) is 71.3 Å². The van der Waals surface area contributed by atoms with E-state index in [2.05, 4.69) is 16.9 Å². The Balaban J connectivity index is 1.53. The number of nitrogens with zero attached hydrogens (tertiary/aromatic N) is 1. The number of pyridine rings is 1. The maximum atomic E-state index is 12.4. The first-order valence-corrected chi connectivity index (χ1v) is 12.2. The zero-order valence-corrected chi connectivity index (χ0v) is 18.2. The van der Waals surface area contributed by atoms with E-state index in [1.807, 2.05) is 32.0 Å². The number of anilines is 1. The van der Waals surface area contributed by atoms with Crippen molar-refractivity contribution in [3.05, 3.63) is 52.4 Å². The van der Waals surface area contributed by atoms with Crippen LogP contribution in [-0.4, -0.2) is 24.4 Å². The molecular weight excluding hydrogens is 396 g/mol. The second-order valence-electron chi connectivity index (χ2n) is 8.80. The monoisotopic (exact) mass is 422 g/mol. The van der Waals surface area contributed by atoms with E-state index in [1.54, 1.807) is 0 Å². The van der Waals surface area contributed by atoms with Gasteiger partial charge in [-0.05, 0) is 73.9 Å². The summed E-state index contributed by atoms with van der Waals surface area (Å²) in [6.45, 7) is 3.98. The van der Waals surface area contributed by atoms with Crippen molar-refractivity contribution in [3.8, 4) is 11.1 Å². The largest absolute Gasteiger partial charge is 0.299 e. The first kappa shape index (κ1) is 19.5. The molecule has 5 rings (SSSR count). The summed E-state index contributed by atoms with van der Waals surface area (Å²) in [7, 11) is -3.30. The summed E-state index contributed by atoms with van der Waals surface area (Å²) in [5.74, 6) is 0.515. The van der Waals surface area contributed by atoms with Gasteiger partial charge in [0, 0.05) is 30.0 Å². The molecule has 1 N–H and O–H groups in total. The first-order valence-electron chi connectivity index (χ1n) is 10.7. The number of rotatable bonds is 7. The molecular formula is C24H26N2O3S. The summed E-state index contributed by atoms with van der Waals surface area (Å²) >= 11 is 0. The van der Waals surface area contributed by atoms with Crippen LogP contribution in [0, 0.1) is 19.8 Å². The van der Waals surface area contributed by atoms with Crippen LogP contribution < -0.4 is 4.72 Å². The maximum Gasteiger partial charge on any atom is 0.235 e. The van der Waals surface area contributed by atoms with Crippen molar-refractivity contribution in [1.82, 2.24) is 4.98 Å². The number of hydrogen-bond acceptors (Lipinski definition) is 4. The predicted molar refractivity (Wildman–Crippen MR) is 119 cm³/mol. The Morgan fingerprint density at radius 1 is 1.10 bits per heavy atom. The number of fused-ring (bicyclic) bond motifs is 1. The van der Waals surface area contributed by atoms with Gasteiger partial charge < -0.3 is 0 Å². The third-order valence-electron chi connectivity index (χ3n) is 6.47. The third-order valence-corrected chi connectivity index (χ3v) is 8.32. The number of carbonyl (C=O) groups is 1. The van der Waals surface area contributed by atoms with Gasteiger partial charge in [0.2, 0.25) is 10.0 Å². The molecule has 0 spiro atoms. The molecule has 0 aliphatic heterocycles. The van der Waals surface area contributed by atoms with E-state index in [1.165, 1.54) is 0 Å². The van der Waals surface area contributed by atoms with E-state index in [-0.39, 0.29) is 17.0 Å². The predicted octanol–water partition coefficient (Wildman–Crippen LogP) is 4.36. The Morgan fingerprint density at radius 3 is 2.57 bits per heavy atom. The van der Waals surface area contributed by atoms with Crippen LogP contribution in [0.1, 0.15) is 53.8 Å². The molecule has 5 nitrogen and oxygen atoms in total. The van der Waals surface area contributed by atoms with Crippen molar-refractivity contribution in [3.63, 3.8) is 0 Å². The fourth-order valence-electron chi connectivity index (χ4n) is 4.18. The third kappa shape index (κ3) is 3.58. The highest BCUT2D eigenvalue weighted by Gasteiger charge is 2.36. The number of carbonyl (C=O) groups excluding carboxylic acids is 1. The van der Waals surface area contributed by atoms with Crippen LogP contribution in [0.15, 0.2) is 24.3 Å². The van der Waals surface area contributed by atoms with Crippen LogP contribution in [0.4, 0.5) is 5.69 Å². The zero-order chi connectivity index (χ0) is 21.0. The highest BCUT2D eigenvalue weighted by atomic mass is 32.2. The molecule has 30 heavy (non-hydrogen) atoms. The lowest BCUT2D eigenvalue weighted by Gasteiger charge is -2.18. The Labute approximate surface area is 177 Å². The minimum Gasteiger partial charge on any atom is -0.299 e. The molecule has 3 aliphatic rings. The quantitative estimate of drug-likeness (QED) is 0.719. The lowest BCUT2D eigenvalue weighted by atomic mass is 9.92. The molecule has 1 aromatic carbocycles. The summed E-state index contributed by atoms with van der Waals surface area (Å²) in [4.78, 5) is 17.1. The minimum absolute atomic E-state index is 0.226. The topological polar surface area (TPSA) is 76.1 Å². The molecule has 0 radical (unpaired) electrons. The number of hydrogen-bond donors (Lipinski definition) is 1. The molecule has 1 aromatic heterocycles. The van der Waals surface area contributed by atoms with E-state index in [4.69, 9.17) is 4.98 Å². The van der Waals surface area contributed by atoms with Crippen LogP contribution in [-0.2, 0) is 27.7 Å². The van der Waals surface area contributed by atoms with E-state index in [9.17, 15) is 13.2 Å². The van der Waals surface area contributed by atoms with Crippen molar-refractivity contribution in [1.29, 1.82) is 0 Å². The van der Waals surface area contributed by atoms with Crippen molar-refractivity contribution in [2.45, 2.75) is 57.6 Å². The highest BCUT2D eigenvalue weighted by molar-refractivity contribution is 7.93. The van der Waals surface area contributed by atoms with E-state index >= 15 is 0 Å². The number of nitrogens with one attached hydrogen (secondary N) is 1. The van der Waals surface area contributed by atoms with Gasteiger partial charge >= 0.3 is 0 Å². The number of benzene rings is 1. The molecule has 0 amide bonds. The standard InChI is InChI=1S/C24H26N2O3S/c1-14-15(2)22(26-30(28,29)18-8-9-18)11-10-19(14)21-12-17(13-24(27)16-6-7-16)25-23-5-3-4-20(21)23/h3-4,10-12,16,18,26H,5-9,13H2,1-2H3. The number of ketones is 1. The molecule has 2 saturated carbocycles. The van der Waals surface area contributed by atoms with Gasteiger partial charge in [0.15, 0.2) is 0 Å². The Kier molecular flexibility index (Phi) is 4.58. The van der Waals surface area contributed by atoms with Crippen LogP contribution in [0.2, 0.25) is 0 Å². The summed E-state index contributed by atoms with van der Waals surface area (Å²) in [6, 6.07) is 5.89. The number of aromatic nitrogens is 1. The molecule has 156 valence electrons. The fourth-order valence-corrected chi connectivity index (χ4v) is 5.63. The van der Waals surface area contributed by atoms with Crippen molar-refractivity contribution >= 4 is 27.6 Å². The van der Waals surface area contributed by atoms with Gasteiger partial charge in [-0.1, -0.05) is 18.2 Å². The molecule has 2 fully saturated rings. The minimum atomic E-state index is -3.30. The number of sulfonamides is 1. The number of Topliss-reactive ketones (excluding diaryl/α,β-unsaturated/α-hetero) is 1. The van der Waals surface area contributed by atoms with Gasteiger partial charge in [-0.3, -0.25) is 14.5 Å². The molecule has 2 aromatic rings. The molecule has 0 atom stereocenters. The average Bonchev–Trinajstić information content (AvgIpc) is 3.61. The van der Waals surface area contributed by atoms with Gasteiger partial charge in [0.25, 0.3) is 0 Å². The van der Waals surface area contributed by atoms with Crippen molar-refractivity contribution < 1.29 is 13.2 Å². The first-order chi connectivity index (χ1) is 14.3. The maximum absolute atomic E-state index is 12.4. The normalized spacial score (nSPS) is 17.8. The van der Waals surface area contributed by atoms with Gasteiger partial charge in [0.05, 0.1) is 16.6 Å². The highest BCUT2D eigenvalue weighted by Crippen LogP contribution is 2.38.